The minimum atomic E-state index is 0.144. The second kappa shape index (κ2) is 5.05. The van der Waals surface area contributed by atoms with Gasteiger partial charge in [0, 0.05) is 11.5 Å². The Morgan fingerprint density at radius 2 is 1.86 bits per heavy atom. The van der Waals surface area contributed by atoms with Crippen LogP contribution in [0.2, 0.25) is 0 Å². The molecule has 0 spiro atoms. The topological polar surface area (TPSA) is 29.5 Å². The highest BCUT2D eigenvalue weighted by molar-refractivity contribution is 5.46. The molecule has 1 N–H and O–H groups in total. The van der Waals surface area contributed by atoms with Crippen molar-refractivity contribution in [1.82, 2.24) is 0 Å². The lowest BCUT2D eigenvalue weighted by molar-refractivity contribution is 0.103. The van der Waals surface area contributed by atoms with E-state index in [1.165, 1.54) is 41.5 Å². The molecule has 22 heavy (non-hydrogen) atoms. The molecule has 3 atom stereocenters. The zero-order valence-corrected chi connectivity index (χ0v) is 13.2. The van der Waals surface area contributed by atoms with Gasteiger partial charge < -0.3 is 9.84 Å². The number of fused-ring (bicyclic) bond motifs is 3. The van der Waals surface area contributed by atoms with Crippen molar-refractivity contribution < 1.29 is 9.84 Å². The van der Waals surface area contributed by atoms with Crippen LogP contribution < -0.4 is 4.74 Å². The van der Waals surface area contributed by atoms with Crippen molar-refractivity contribution in [3.05, 3.63) is 58.7 Å². The third-order valence-electron chi connectivity index (χ3n) is 5.34. The van der Waals surface area contributed by atoms with Gasteiger partial charge in [-0.25, -0.2) is 0 Å². The van der Waals surface area contributed by atoms with Crippen molar-refractivity contribution in [3.8, 4) is 11.5 Å². The van der Waals surface area contributed by atoms with E-state index in [9.17, 15) is 5.11 Å². The molecular weight excluding hydrogens is 272 g/mol. The first-order valence-electron chi connectivity index (χ1n) is 8.20. The van der Waals surface area contributed by atoms with E-state index >= 15 is 0 Å². The van der Waals surface area contributed by atoms with E-state index in [4.69, 9.17) is 4.74 Å². The van der Waals surface area contributed by atoms with Crippen LogP contribution in [0, 0.1) is 19.8 Å². The van der Waals surface area contributed by atoms with Crippen molar-refractivity contribution in [3.63, 3.8) is 0 Å². The number of hydrogen-bond donors (Lipinski definition) is 1. The van der Waals surface area contributed by atoms with Crippen LogP contribution in [0.5, 0.6) is 11.5 Å². The van der Waals surface area contributed by atoms with Gasteiger partial charge in [-0.1, -0.05) is 30.2 Å². The Labute approximate surface area is 131 Å². The fourth-order valence-corrected chi connectivity index (χ4v) is 4.33. The van der Waals surface area contributed by atoms with Crippen LogP contribution in [0.4, 0.5) is 0 Å². The molecular formula is C20H22O2. The lowest BCUT2D eigenvalue weighted by atomic mass is 9.79. The monoisotopic (exact) mass is 294 g/mol. The number of hydrogen-bond acceptors (Lipinski definition) is 2. The Kier molecular flexibility index (Phi) is 3.14. The Morgan fingerprint density at radius 1 is 1.00 bits per heavy atom. The van der Waals surface area contributed by atoms with Crippen LogP contribution >= 0.6 is 0 Å². The zero-order valence-electron chi connectivity index (χ0n) is 13.2. The Hall–Kier alpha value is -1.96. The molecule has 2 aromatic rings. The highest BCUT2D eigenvalue weighted by Crippen LogP contribution is 2.54. The molecule has 0 radical (unpaired) electrons. The van der Waals surface area contributed by atoms with Crippen molar-refractivity contribution in [2.45, 2.75) is 45.1 Å². The Bertz CT molecular complexity index is 720. The van der Waals surface area contributed by atoms with Crippen molar-refractivity contribution >= 4 is 0 Å². The predicted octanol–water partition coefficient (Wildman–Crippen LogP) is 5.03. The molecule has 0 saturated heterocycles. The number of aromatic hydroxyl groups is 1. The first kappa shape index (κ1) is 13.7. The van der Waals surface area contributed by atoms with Crippen molar-refractivity contribution in [2.75, 3.05) is 0 Å². The van der Waals surface area contributed by atoms with E-state index in [2.05, 4.69) is 32.0 Å². The lowest BCUT2D eigenvalue weighted by Crippen LogP contribution is -2.27. The summed E-state index contributed by atoms with van der Waals surface area (Å²) >= 11 is 0. The summed E-state index contributed by atoms with van der Waals surface area (Å²) in [5, 5.41) is 9.81. The van der Waals surface area contributed by atoms with Crippen LogP contribution in [-0.2, 0) is 0 Å². The summed E-state index contributed by atoms with van der Waals surface area (Å²) in [4.78, 5) is 0. The van der Waals surface area contributed by atoms with Crippen LogP contribution in [0.1, 0.15) is 53.5 Å². The lowest BCUT2D eigenvalue weighted by Gasteiger charge is -2.37. The van der Waals surface area contributed by atoms with Gasteiger partial charge in [-0.05, 0) is 61.9 Å². The van der Waals surface area contributed by atoms with Gasteiger partial charge >= 0.3 is 0 Å². The first-order valence-corrected chi connectivity index (χ1v) is 8.20. The fraction of sp³-hybridized carbons (Fsp3) is 0.400. The smallest absolute Gasteiger partial charge is 0.127 e. The first-order chi connectivity index (χ1) is 10.6. The highest BCUT2D eigenvalue weighted by Gasteiger charge is 2.42. The van der Waals surface area contributed by atoms with Crippen LogP contribution in [0.15, 0.2) is 36.4 Å². The fourth-order valence-electron chi connectivity index (χ4n) is 4.33. The van der Waals surface area contributed by atoms with Gasteiger partial charge in [0.2, 0.25) is 0 Å². The maximum atomic E-state index is 9.81. The summed E-state index contributed by atoms with van der Waals surface area (Å²) in [6, 6.07) is 12.2. The largest absolute Gasteiger partial charge is 0.508 e. The van der Waals surface area contributed by atoms with Crippen molar-refractivity contribution in [1.29, 1.82) is 0 Å². The molecule has 1 saturated carbocycles. The Balaban J connectivity index is 1.80. The van der Waals surface area contributed by atoms with E-state index in [0.29, 0.717) is 17.6 Å². The molecule has 2 heteroatoms. The summed E-state index contributed by atoms with van der Waals surface area (Å²) in [6.07, 6.45) is 3.80. The van der Waals surface area contributed by atoms with E-state index in [-0.39, 0.29) is 6.10 Å². The number of aryl methyl sites for hydroxylation is 2. The van der Waals surface area contributed by atoms with Gasteiger partial charge in [-0.15, -0.1) is 0 Å². The van der Waals surface area contributed by atoms with Gasteiger partial charge in [-0.2, -0.15) is 0 Å². The third-order valence-corrected chi connectivity index (χ3v) is 5.34. The zero-order chi connectivity index (χ0) is 15.3. The van der Waals surface area contributed by atoms with E-state index < -0.39 is 0 Å². The predicted molar refractivity (Wildman–Crippen MR) is 87.5 cm³/mol. The number of phenolic OH excluding ortho intramolecular Hbond substituents is 1. The molecule has 0 unspecified atom stereocenters. The molecule has 0 bridgehead atoms. The van der Waals surface area contributed by atoms with Crippen LogP contribution in [0.3, 0.4) is 0 Å². The highest BCUT2D eigenvalue weighted by atomic mass is 16.5. The summed E-state index contributed by atoms with van der Waals surface area (Å²) < 4.78 is 6.40. The standard InChI is InChI=1S/C20H22O2/c1-12-6-8-15(13(2)10-12)20-17-5-3-4-16(17)18-11-14(21)7-9-19(18)22-20/h6-11,16-17,20-21H,3-5H2,1-2H3/t16-,17+,20+/m0/s1. The molecule has 2 aliphatic rings. The number of benzene rings is 2. The molecule has 0 amide bonds. The molecule has 4 rings (SSSR count). The second-order valence-corrected chi connectivity index (χ2v) is 6.82. The average Bonchev–Trinajstić information content (AvgIpc) is 2.97. The summed E-state index contributed by atoms with van der Waals surface area (Å²) in [6.45, 7) is 4.32. The maximum absolute atomic E-state index is 9.81. The van der Waals surface area contributed by atoms with Crippen molar-refractivity contribution in [2.24, 2.45) is 5.92 Å². The van der Waals surface area contributed by atoms with Crippen LogP contribution in [-0.4, -0.2) is 5.11 Å². The number of ether oxygens (including phenoxy) is 1. The number of rotatable bonds is 1. The minimum Gasteiger partial charge on any atom is -0.508 e. The molecule has 2 nitrogen and oxygen atoms in total. The van der Waals surface area contributed by atoms with E-state index in [1.54, 1.807) is 6.07 Å². The molecule has 1 aliphatic carbocycles. The average molecular weight is 294 g/mol. The second-order valence-electron chi connectivity index (χ2n) is 6.82. The third kappa shape index (κ3) is 2.09. The Morgan fingerprint density at radius 3 is 2.68 bits per heavy atom. The molecule has 1 heterocycles. The summed E-state index contributed by atoms with van der Waals surface area (Å²) in [7, 11) is 0. The van der Waals surface area contributed by atoms with Gasteiger partial charge in [0.25, 0.3) is 0 Å². The van der Waals surface area contributed by atoms with Gasteiger partial charge in [0.15, 0.2) is 0 Å². The maximum Gasteiger partial charge on any atom is 0.127 e. The van der Waals surface area contributed by atoms with Gasteiger partial charge in [0.1, 0.15) is 17.6 Å². The van der Waals surface area contributed by atoms with E-state index in [1.807, 2.05) is 12.1 Å². The minimum absolute atomic E-state index is 0.144. The SMILES string of the molecule is Cc1ccc([C@H]2Oc3ccc(O)cc3[C@H]3CCC[C@H]32)c(C)c1. The normalized spacial score (nSPS) is 26.2. The molecule has 1 aliphatic heterocycles. The van der Waals surface area contributed by atoms with Gasteiger partial charge in [-0.3, -0.25) is 0 Å². The molecule has 2 aromatic carbocycles. The summed E-state index contributed by atoms with van der Waals surface area (Å²) in [5.41, 5.74) is 5.13. The van der Waals surface area contributed by atoms with Gasteiger partial charge in [0.05, 0.1) is 0 Å². The molecule has 1 fully saturated rings. The van der Waals surface area contributed by atoms with Crippen LogP contribution in [0.25, 0.3) is 0 Å². The number of phenols is 1. The molecule has 0 aromatic heterocycles. The molecule has 114 valence electrons. The quantitative estimate of drug-likeness (QED) is 0.799. The van der Waals surface area contributed by atoms with E-state index in [0.717, 1.165) is 5.75 Å². The summed E-state index contributed by atoms with van der Waals surface area (Å²) in [5.74, 6) is 2.33.